The second-order valence-corrected chi connectivity index (χ2v) is 11.1. The summed E-state index contributed by atoms with van der Waals surface area (Å²) >= 11 is 1.40. The van der Waals surface area contributed by atoms with E-state index in [1.54, 1.807) is 25.1 Å². The van der Waals surface area contributed by atoms with Gasteiger partial charge in [0, 0.05) is 30.3 Å². The molecule has 0 aliphatic carbocycles. The molecule has 6 rings (SSSR count). The smallest absolute Gasteiger partial charge is 0.262 e. The normalized spacial score (nSPS) is 15.2. The van der Waals surface area contributed by atoms with Gasteiger partial charge in [0.05, 0.1) is 22.8 Å². The van der Waals surface area contributed by atoms with Crippen LogP contribution in [0.4, 0.5) is 5.69 Å². The van der Waals surface area contributed by atoms with Crippen molar-refractivity contribution in [2.75, 3.05) is 5.32 Å². The van der Waals surface area contributed by atoms with E-state index in [2.05, 4.69) is 20.6 Å². The fourth-order valence-electron chi connectivity index (χ4n) is 5.23. The number of anilines is 1. The number of amides is 3. The summed E-state index contributed by atoms with van der Waals surface area (Å²) in [5.74, 6) is -0.999. The molecule has 1 unspecified atom stereocenters. The first-order valence-electron chi connectivity index (χ1n) is 13.4. The van der Waals surface area contributed by atoms with Crippen LogP contribution in [0, 0.1) is 13.8 Å². The number of thiophene rings is 1. The van der Waals surface area contributed by atoms with E-state index in [4.69, 9.17) is 0 Å². The van der Waals surface area contributed by atoms with Gasteiger partial charge in [-0.15, -0.1) is 11.3 Å². The Morgan fingerprint density at radius 1 is 1.07 bits per heavy atom. The molecule has 0 spiro atoms. The Kier molecular flexibility index (Phi) is 6.99. The van der Waals surface area contributed by atoms with Crippen molar-refractivity contribution in [2.24, 2.45) is 0 Å². The van der Waals surface area contributed by atoms with Gasteiger partial charge in [-0.25, -0.2) is 9.97 Å². The lowest BCUT2D eigenvalue weighted by Gasteiger charge is -2.24. The Bertz CT molecular complexity index is 2020. The molecule has 2 N–H and O–H groups in total. The number of piperidine rings is 1. The van der Waals surface area contributed by atoms with Crippen LogP contribution < -0.4 is 21.8 Å². The zero-order chi connectivity index (χ0) is 29.5. The Labute approximate surface area is 242 Å². The van der Waals surface area contributed by atoms with Crippen LogP contribution in [0.5, 0.6) is 0 Å². The molecule has 1 atom stereocenters. The van der Waals surface area contributed by atoms with Crippen molar-refractivity contribution in [3.05, 3.63) is 86.3 Å². The summed E-state index contributed by atoms with van der Waals surface area (Å²) in [6.07, 6.45) is 1.77. The lowest BCUT2D eigenvalue weighted by molar-refractivity contribution is -0.135. The molecule has 0 radical (unpaired) electrons. The number of rotatable bonds is 6. The van der Waals surface area contributed by atoms with E-state index in [-0.39, 0.29) is 59.9 Å². The van der Waals surface area contributed by atoms with Crippen LogP contribution in [-0.2, 0) is 20.9 Å². The second-order valence-electron chi connectivity index (χ2n) is 10.2. The first-order valence-corrected chi connectivity index (χ1v) is 14.3. The number of para-hydroxylation sites is 1. The molecule has 0 saturated carbocycles. The van der Waals surface area contributed by atoms with Crippen LogP contribution in [0.15, 0.2) is 63.8 Å². The van der Waals surface area contributed by atoms with Crippen molar-refractivity contribution in [1.82, 2.24) is 24.4 Å². The highest BCUT2D eigenvalue weighted by Gasteiger charge is 2.30. The Balaban J connectivity index is 1.23. The summed E-state index contributed by atoms with van der Waals surface area (Å²) in [6, 6.07) is 11.9. The van der Waals surface area contributed by atoms with Gasteiger partial charge in [0.1, 0.15) is 22.2 Å². The first-order chi connectivity index (χ1) is 20.2. The topological polar surface area (TPSA) is 145 Å². The molecule has 42 heavy (non-hydrogen) atoms. The summed E-state index contributed by atoms with van der Waals surface area (Å²) in [7, 11) is 0. The van der Waals surface area contributed by atoms with Gasteiger partial charge in [-0.2, -0.15) is 0 Å². The van der Waals surface area contributed by atoms with Crippen molar-refractivity contribution in [3.63, 3.8) is 0 Å². The predicted octanol–water partition coefficient (Wildman–Crippen LogP) is 3.46. The molecule has 2 aromatic carbocycles. The third-order valence-electron chi connectivity index (χ3n) is 7.41. The average Bonchev–Trinajstić information content (AvgIpc) is 3.40. The SMILES string of the molecule is Cc1ccc(-c2csc3ncn(CCC(=O)Nc4cccc5c(=O)n(C6CCC(=O)NC6=O)c(C)nc45)c(=O)c23)cc1. The van der Waals surface area contributed by atoms with E-state index in [9.17, 15) is 24.0 Å². The molecule has 1 fully saturated rings. The lowest BCUT2D eigenvalue weighted by atomic mass is 10.1. The Morgan fingerprint density at radius 3 is 2.62 bits per heavy atom. The van der Waals surface area contributed by atoms with Gasteiger partial charge in [0.2, 0.25) is 17.7 Å². The number of carbonyl (C=O) groups excluding carboxylic acids is 3. The molecule has 1 aliphatic rings. The van der Waals surface area contributed by atoms with Crippen molar-refractivity contribution in [2.45, 2.75) is 45.7 Å². The molecule has 5 aromatic rings. The molecular weight excluding hydrogens is 556 g/mol. The summed E-state index contributed by atoms with van der Waals surface area (Å²) in [5.41, 5.74) is 2.83. The zero-order valence-corrected chi connectivity index (χ0v) is 23.7. The van der Waals surface area contributed by atoms with Crippen LogP contribution in [0.2, 0.25) is 0 Å². The molecule has 11 nitrogen and oxygen atoms in total. The largest absolute Gasteiger partial charge is 0.324 e. The van der Waals surface area contributed by atoms with Gasteiger partial charge < -0.3 is 5.32 Å². The summed E-state index contributed by atoms with van der Waals surface area (Å²) in [6.45, 7) is 3.71. The Hall–Kier alpha value is -4.97. The number of hydrogen-bond donors (Lipinski definition) is 2. The van der Waals surface area contributed by atoms with E-state index in [0.29, 0.717) is 15.9 Å². The van der Waals surface area contributed by atoms with E-state index in [0.717, 1.165) is 16.7 Å². The minimum absolute atomic E-state index is 0.0141. The van der Waals surface area contributed by atoms with Gasteiger partial charge in [0.25, 0.3) is 11.1 Å². The maximum atomic E-state index is 13.4. The van der Waals surface area contributed by atoms with Crippen LogP contribution in [0.1, 0.15) is 36.7 Å². The van der Waals surface area contributed by atoms with E-state index >= 15 is 0 Å². The number of fused-ring (bicyclic) bond motifs is 2. The highest BCUT2D eigenvalue weighted by molar-refractivity contribution is 7.17. The predicted molar refractivity (Wildman–Crippen MR) is 159 cm³/mol. The maximum absolute atomic E-state index is 13.4. The lowest BCUT2D eigenvalue weighted by Crippen LogP contribution is -2.45. The molecule has 0 bridgehead atoms. The standard InChI is InChI=1S/C30H26N6O5S/c1-16-6-8-18(9-7-16)20-14-42-28-25(20)30(41)35(15-31-28)13-12-24(38)33-21-5-3-4-19-26(21)32-17(2)36(29(19)40)22-10-11-23(37)34-27(22)39/h3-9,14-15,22H,10-13H2,1-2H3,(H,33,38)(H,34,37,39). The molecule has 4 heterocycles. The number of hydrogen-bond acceptors (Lipinski definition) is 8. The van der Waals surface area contributed by atoms with Crippen LogP contribution in [0.25, 0.3) is 32.2 Å². The molecular formula is C30H26N6O5S. The summed E-state index contributed by atoms with van der Waals surface area (Å²) < 4.78 is 2.72. The molecule has 3 aromatic heterocycles. The molecule has 1 aliphatic heterocycles. The highest BCUT2D eigenvalue weighted by Crippen LogP contribution is 2.31. The number of nitrogens with zero attached hydrogens (tertiary/aromatic N) is 4. The van der Waals surface area contributed by atoms with Crippen molar-refractivity contribution >= 4 is 55.9 Å². The number of aryl methyl sites for hydroxylation is 3. The van der Waals surface area contributed by atoms with Crippen molar-refractivity contribution in [1.29, 1.82) is 0 Å². The van der Waals surface area contributed by atoms with E-state index < -0.39 is 17.5 Å². The van der Waals surface area contributed by atoms with Crippen LogP contribution >= 0.6 is 11.3 Å². The molecule has 3 amide bonds. The Morgan fingerprint density at radius 2 is 1.86 bits per heavy atom. The number of nitrogens with one attached hydrogen (secondary N) is 2. The van der Waals surface area contributed by atoms with Crippen molar-refractivity contribution in [3.8, 4) is 11.1 Å². The molecule has 212 valence electrons. The third-order valence-corrected chi connectivity index (χ3v) is 8.29. The van der Waals surface area contributed by atoms with Gasteiger partial charge in [-0.3, -0.25) is 38.4 Å². The number of imide groups is 1. The summed E-state index contributed by atoms with van der Waals surface area (Å²) in [5, 5.41) is 7.75. The quantitative estimate of drug-likeness (QED) is 0.292. The molecule has 1 saturated heterocycles. The van der Waals surface area contributed by atoms with Gasteiger partial charge in [-0.1, -0.05) is 35.9 Å². The van der Waals surface area contributed by atoms with E-state index in [1.165, 1.54) is 26.8 Å². The third kappa shape index (κ3) is 4.90. The van der Waals surface area contributed by atoms with Gasteiger partial charge >= 0.3 is 0 Å². The average molecular weight is 583 g/mol. The maximum Gasteiger partial charge on any atom is 0.262 e. The van der Waals surface area contributed by atoms with E-state index in [1.807, 2.05) is 36.6 Å². The number of carbonyl (C=O) groups is 3. The second kappa shape index (κ2) is 10.8. The fraction of sp³-hybridized carbons (Fsp3) is 0.233. The first kappa shape index (κ1) is 27.2. The monoisotopic (exact) mass is 582 g/mol. The molecule has 12 heteroatoms. The minimum atomic E-state index is -0.843. The highest BCUT2D eigenvalue weighted by atomic mass is 32.1. The zero-order valence-electron chi connectivity index (χ0n) is 22.8. The van der Waals surface area contributed by atoms with Crippen molar-refractivity contribution < 1.29 is 14.4 Å². The minimum Gasteiger partial charge on any atom is -0.324 e. The number of aromatic nitrogens is 4. The fourth-order valence-corrected chi connectivity index (χ4v) is 6.14. The van der Waals surface area contributed by atoms with Crippen LogP contribution in [0.3, 0.4) is 0 Å². The van der Waals surface area contributed by atoms with Gasteiger partial charge in [0.15, 0.2) is 0 Å². The van der Waals surface area contributed by atoms with Crippen LogP contribution in [-0.4, -0.2) is 36.8 Å². The summed E-state index contributed by atoms with van der Waals surface area (Å²) in [4.78, 5) is 73.4. The van der Waals surface area contributed by atoms with Gasteiger partial charge in [-0.05, 0) is 38.0 Å². The number of benzene rings is 2.